The molecule has 1 aromatic carbocycles. The van der Waals surface area contributed by atoms with Crippen LogP contribution in [0.4, 0.5) is 0 Å². The maximum Gasteiger partial charge on any atom is 0.253 e. The van der Waals surface area contributed by atoms with E-state index in [9.17, 15) is 18.0 Å². The topological polar surface area (TPSA) is 74.8 Å². The summed E-state index contributed by atoms with van der Waals surface area (Å²) < 4.78 is 23.2. The first-order valence-corrected chi connectivity index (χ1v) is 10.6. The number of carbonyl (C=O) groups is 2. The van der Waals surface area contributed by atoms with Crippen molar-refractivity contribution in [2.24, 2.45) is 0 Å². The number of sulfone groups is 1. The molecule has 1 unspecified atom stereocenters. The first-order valence-electron chi connectivity index (χ1n) is 8.74. The van der Waals surface area contributed by atoms with E-state index >= 15 is 0 Å². The third-order valence-corrected chi connectivity index (χ3v) is 6.85. The maximum absolute atomic E-state index is 12.6. The van der Waals surface area contributed by atoms with E-state index in [-0.39, 0.29) is 29.4 Å². The van der Waals surface area contributed by atoms with Gasteiger partial charge in [-0.05, 0) is 49.9 Å². The molecule has 136 valence electrons. The average Bonchev–Trinajstić information content (AvgIpc) is 3.00. The minimum atomic E-state index is -3.03. The summed E-state index contributed by atoms with van der Waals surface area (Å²) in [5.74, 6) is -0.0349. The van der Waals surface area contributed by atoms with E-state index in [1.165, 1.54) is 11.3 Å². The molecule has 7 heteroatoms. The second kappa shape index (κ2) is 7.15. The minimum absolute atomic E-state index is 0.00828. The predicted octanol–water partition coefficient (Wildman–Crippen LogP) is 1.57. The largest absolute Gasteiger partial charge is 0.339 e. The lowest BCUT2D eigenvalue weighted by Crippen LogP contribution is -2.38. The summed E-state index contributed by atoms with van der Waals surface area (Å²) in [6.07, 6.45) is 3.73. The van der Waals surface area contributed by atoms with E-state index in [2.05, 4.69) is 0 Å². The Balaban J connectivity index is 1.67. The highest BCUT2D eigenvalue weighted by atomic mass is 32.2. The lowest BCUT2D eigenvalue weighted by Gasteiger charge is -2.27. The van der Waals surface area contributed by atoms with Crippen molar-refractivity contribution in [3.63, 3.8) is 0 Å². The molecule has 2 saturated heterocycles. The number of likely N-dealkylation sites (tertiary alicyclic amines) is 1. The van der Waals surface area contributed by atoms with Gasteiger partial charge in [-0.1, -0.05) is 0 Å². The van der Waals surface area contributed by atoms with E-state index in [1.54, 1.807) is 31.3 Å². The second-order valence-corrected chi connectivity index (χ2v) is 9.13. The summed E-state index contributed by atoms with van der Waals surface area (Å²) in [6, 6.07) is 6.40. The van der Waals surface area contributed by atoms with Crippen LogP contribution in [0.1, 0.15) is 46.4 Å². The maximum atomic E-state index is 12.6. The summed E-state index contributed by atoms with van der Waals surface area (Å²) in [6.45, 7) is 1.58. The van der Waals surface area contributed by atoms with Crippen LogP contribution in [-0.2, 0) is 9.84 Å². The SMILES string of the molecule is CN(C(=O)c1ccc(C(=O)N2CCCCC2)cc1)C1CCS(=O)(=O)C1. The van der Waals surface area contributed by atoms with Crippen molar-refractivity contribution in [2.45, 2.75) is 31.7 Å². The Kier molecular flexibility index (Phi) is 5.13. The van der Waals surface area contributed by atoms with Crippen LogP contribution >= 0.6 is 0 Å². The summed E-state index contributed by atoms with van der Waals surface area (Å²) in [4.78, 5) is 28.4. The summed E-state index contributed by atoms with van der Waals surface area (Å²) in [5.41, 5.74) is 1.06. The molecule has 2 aliphatic heterocycles. The standard InChI is InChI=1S/C18H24N2O4S/c1-19(16-9-12-25(23,24)13-16)17(21)14-5-7-15(8-6-14)18(22)20-10-3-2-4-11-20/h5-8,16H,2-4,9-13H2,1H3. The van der Waals surface area contributed by atoms with Crippen molar-refractivity contribution in [3.05, 3.63) is 35.4 Å². The zero-order valence-electron chi connectivity index (χ0n) is 14.5. The number of hydrogen-bond donors (Lipinski definition) is 0. The van der Waals surface area contributed by atoms with Gasteiger partial charge in [0.25, 0.3) is 11.8 Å². The van der Waals surface area contributed by atoms with Gasteiger partial charge in [-0.2, -0.15) is 0 Å². The Morgan fingerprint density at radius 1 is 1.04 bits per heavy atom. The third-order valence-electron chi connectivity index (χ3n) is 5.10. The zero-order chi connectivity index (χ0) is 18.0. The Morgan fingerprint density at radius 2 is 1.64 bits per heavy atom. The van der Waals surface area contributed by atoms with Gasteiger partial charge in [-0.3, -0.25) is 9.59 Å². The predicted molar refractivity (Wildman–Crippen MR) is 95.3 cm³/mol. The van der Waals surface area contributed by atoms with E-state index in [0.717, 1.165) is 25.9 Å². The van der Waals surface area contributed by atoms with Gasteiger partial charge in [0.05, 0.1) is 11.5 Å². The van der Waals surface area contributed by atoms with Crippen LogP contribution in [0.3, 0.4) is 0 Å². The molecular weight excluding hydrogens is 340 g/mol. The second-order valence-electron chi connectivity index (χ2n) is 6.90. The van der Waals surface area contributed by atoms with Gasteiger partial charge in [0.1, 0.15) is 0 Å². The number of nitrogens with zero attached hydrogens (tertiary/aromatic N) is 2. The van der Waals surface area contributed by atoms with Crippen molar-refractivity contribution < 1.29 is 18.0 Å². The molecule has 2 fully saturated rings. The van der Waals surface area contributed by atoms with Crippen LogP contribution in [0.15, 0.2) is 24.3 Å². The quantitative estimate of drug-likeness (QED) is 0.816. The van der Waals surface area contributed by atoms with Crippen LogP contribution in [0.2, 0.25) is 0 Å². The molecule has 3 rings (SSSR count). The molecular formula is C18H24N2O4S. The van der Waals surface area contributed by atoms with Crippen LogP contribution in [0.5, 0.6) is 0 Å². The average molecular weight is 364 g/mol. The number of hydrogen-bond acceptors (Lipinski definition) is 4. The lowest BCUT2D eigenvalue weighted by molar-refractivity contribution is 0.0719. The van der Waals surface area contributed by atoms with E-state index in [1.807, 2.05) is 4.90 Å². The smallest absolute Gasteiger partial charge is 0.253 e. The van der Waals surface area contributed by atoms with Gasteiger partial charge in [0.15, 0.2) is 9.84 Å². The number of rotatable bonds is 3. The molecule has 0 aromatic heterocycles. The summed E-state index contributed by atoms with van der Waals surface area (Å²) in [7, 11) is -1.39. The monoisotopic (exact) mass is 364 g/mol. The third kappa shape index (κ3) is 4.03. The van der Waals surface area contributed by atoms with Crippen molar-refractivity contribution >= 4 is 21.7 Å². The first-order chi connectivity index (χ1) is 11.9. The highest BCUT2D eigenvalue weighted by Gasteiger charge is 2.33. The Labute approximate surface area is 148 Å². The van der Waals surface area contributed by atoms with Crippen molar-refractivity contribution in [3.8, 4) is 0 Å². The fourth-order valence-electron chi connectivity index (χ4n) is 3.49. The van der Waals surface area contributed by atoms with Gasteiger partial charge in [-0.25, -0.2) is 8.42 Å². The van der Waals surface area contributed by atoms with Gasteiger partial charge in [0, 0.05) is 37.3 Å². The number of piperidine rings is 1. The molecule has 0 aliphatic carbocycles. The molecule has 0 N–H and O–H groups in total. The fourth-order valence-corrected chi connectivity index (χ4v) is 5.26. The molecule has 0 saturated carbocycles. The number of carbonyl (C=O) groups excluding carboxylic acids is 2. The Morgan fingerprint density at radius 3 is 2.20 bits per heavy atom. The van der Waals surface area contributed by atoms with E-state index in [4.69, 9.17) is 0 Å². The van der Waals surface area contributed by atoms with Crippen molar-refractivity contribution in [1.29, 1.82) is 0 Å². The molecule has 0 bridgehead atoms. The van der Waals surface area contributed by atoms with Crippen LogP contribution in [0, 0.1) is 0 Å². The Bertz CT molecular complexity index is 752. The van der Waals surface area contributed by atoms with Gasteiger partial charge in [-0.15, -0.1) is 0 Å². The van der Waals surface area contributed by atoms with Crippen LogP contribution in [0.25, 0.3) is 0 Å². The lowest BCUT2D eigenvalue weighted by atomic mass is 10.1. The van der Waals surface area contributed by atoms with E-state index < -0.39 is 9.84 Å². The molecule has 1 atom stereocenters. The first kappa shape index (κ1) is 17.9. The molecule has 2 heterocycles. The van der Waals surface area contributed by atoms with Gasteiger partial charge >= 0.3 is 0 Å². The molecule has 25 heavy (non-hydrogen) atoms. The Hall–Kier alpha value is -1.89. The zero-order valence-corrected chi connectivity index (χ0v) is 15.3. The van der Waals surface area contributed by atoms with Crippen molar-refractivity contribution in [1.82, 2.24) is 9.80 Å². The normalized spacial score (nSPS) is 22.6. The number of benzene rings is 1. The molecule has 2 amide bonds. The molecule has 0 radical (unpaired) electrons. The van der Waals surface area contributed by atoms with Gasteiger partial charge in [0.2, 0.25) is 0 Å². The fraction of sp³-hybridized carbons (Fsp3) is 0.556. The molecule has 1 aromatic rings. The summed E-state index contributed by atoms with van der Waals surface area (Å²) >= 11 is 0. The number of amides is 2. The molecule has 0 spiro atoms. The minimum Gasteiger partial charge on any atom is -0.339 e. The van der Waals surface area contributed by atoms with Crippen LogP contribution in [-0.4, -0.2) is 67.7 Å². The van der Waals surface area contributed by atoms with E-state index in [0.29, 0.717) is 17.5 Å². The highest BCUT2D eigenvalue weighted by molar-refractivity contribution is 7.91. The molecule has 2 aliphatic rings. The van der Waals surface area contributed by atoms with Crippen LogP contribution < -0.4 is 0 Å². The summed E-state index contributed by atoms with van der Waals surface area (Å²) in [5, 5.41) is 0. The van der Waals surface area contributed by atoms with Gasteiger partial charge < -0.3 is 9.80 Å². The van der Waals surface area contributed by atoms with Crippen molar-refractivity contribution in [2.75, 3.05) is 31.6 Å². The highest BCUT2D eigenvalue weighted by Crippen LogP contribution is 2.19. The molecule has 6 nitrogen and oxygen atoms in total.